The van der Waals surface area contributed by atoms with Gasteiger partial charge in [-0.05, 0) is 30.3 Å². The van der Waals surface area contributed by atoms with E-state index in [9.17, 15) is 14.4 Å². The number of anilines is 2. The number of halogens is 1. The van der Waals surface area contributed by atoms with Crippen LogP contribution in [0.25, 0.3) is 0 Å². The number of fused-ring (bicyclic) bond motifs is 1. The van der Waals surface area contributed by atoms with Crippen LogP contribution in [0.4, 0.5) is 11.4 Å². The molecule has 0 bridgehead atoms. The monoisotopic (exact) mass is 390 g/mol. The van der Waals surface area contributed by atoms with Crippen LogP contribution in [-0.4, -0.2) is 36.7 Å². The third kappa shape index (κ3) is 4.56. The van der Waals surface area contributed by atoms with Crippen LogP contribution in [0.2, 0.25) is 5.02 Å². The molecule has 6 nitrogen and oxygen atoms in total. The van der Waals surface area contributed by atoms with Gasteiger partial charge in [-0.3, -0.25) is 19.3 Å². The molecule has 1 aliphatic heterocycles. The second kappa shape index (κ2) is 8.25. The van der Waals surface area contributed by atoms with E-state index in [1.165, 1.54) is 16.7 Å². The number of para-hydroxylation sites is 1. The van der Waals surface area contributed by atoms with E-state index in [1.54, 1.807) is 36.4 Å². The molecule has 1 heterocycles. The van der Waals surface area contributed by atoms with Crippen molar-refractivity contribution in [2.45, 2.75) is 4.90 Å². The molecule has 1 aliphatic rings. The first-order chi connectivity index (χ1) is 12.5. The van der Waals surface area contributed by atoms with Gasteiger partial charge in [0.05, 0.1) is 11.4 Å². The Morgan fingerprint density at radius 2 is 2.00 bits per heavy atom. The minimum absolute atomic E-state index is 0.172. The minimum atomic E-state index is -0.652. The number of nitrogens with one attached hydrogen (secondary N) is 1. The normalized spacial score (nSPS) is 13.1. The Bertz CT molecular complexity index is 859. The fourth-order valence-electron chi connectivity index (χ4n) is 2.41. The van der Waals surface area contributed by atoms with Crippen LogP contribution in [0.15, 0.2) is 53.4 Å². The van der Waals surface area contributed by atoms with Crippen LogP contribution in [0.3, 0.4) is 0 Å². The van der Waals surface area contributed by atoms with E-state index in [1.807, 2.05) is 12.1 Å². The number of thioether (sulfide) groups is 1. The molecule has 8 heteroatoms. The average Bonchev–Trinajstić information content (AvgIpc) is 2.62. The number of esters is 1. The first kappa shape index (κ1) is 18.3. The van der Waals surface area contributed by atoms with Gasteiger partial charge in [-0.15, -0.1) is 11.8 Å². The summed E-state index contributed by atoms with van der Waals surface area (Å²) in [4.78, 5) is 38.3. The number of hydrogen-bond donors (Lipinski definition) is 1. The third-order valence-electron chi connectivity index (χ3n) is 3.57. The molecule has 0 aromatic heterocycles. The number of carbonyl (C=O) groups is 3. The quantitative estimate of drug-likeness (QED) is 0.794. The summed E-state index contributed by atoms with van der Waals surface area (Å²) in [5.74, 6) is -1.05. The predicted molar refractivity (Wildman–Crippen MR) is 101 cm³/mol. The van der Waals surface area contributed by atoms with Crippen molar-refractivity contribution in [1.29, 1.82) is 0 Å². The Labute approximate surface area is 159 Å². The largest absolute Gasteiger partial charge is 0.454 e. The molecule has 0 saturated carbocycles. The van der Waals surface area contributed by atoms with Gasteiger partial charge in [0.2, 0.25) is 5.91 Å². The van der Waals surface area contributed by atoms with E-state index in [0.29, 0.717) is 16.4 Å². The molecule has 1 N–H and O–H groups in total. The van der Waals surface area contributed by atoms with Crippen molar-refractivity contribution in [1.82, 2.24) is 0 Å². The maximum Gasteiger partial charge on any atom is 0.326 e. The first-order valence-electron chi connectivity index (χ1n) is 7.76. The summed E-state index contributed by atoms with van der Waals surface area (Å²) in [6.45, 7) is -0.676. The Morgan fingerprint density at radius 1 is 1.19 bits per heavy atom. The summed E-state index contributed by atoms with van der Waals surface area (Å²) < 4.78 is 4.99. The van der Waals surface area contributed by atoms with E-state index >= 15 is 0 Å². The zero-order chi connectivity index (χ0) is 18.5. The van der Waals surface area contributed by atoms with E-state index in [0.717, 1.165) is 4.90 Å². The number of hydrogen-bond acceptors (Lipinski definition) is 5. The van der Waals surface area contributed by atoms with Crippen molar-refractivity contribution in [3.8, 4) is 0 Å². The smallest absolute Gasteiger partial charge is 0.326 e. The molecule has 0 atom stereocenters. The van der Waals surface area contributed by atoms with E-state index < -0.39 is 18.5 Å². The van der Waals surface area contributed by atoms with Crippen molar-refractivity contribution >= 4 is 52.5 Å². The van der Waals surface area contributed by atoms with Gasteiger partial charge in [0, 0.05) is 15.6 Å². The number of benzene rings is 2. The van der Waals surface area contributed by atoms with E-state index in [4.69, 9.17) is 16.3 Å². The summed E-state index contributed by atoms with van der Waals surface area (Å²) in [6.07, 6.45) is 0. The Hall–Kier alpha value is -2.51. The minimum Gasteiger partial charge on any atom is -0.454 e. The fraction of sp³-hybridized carbons (Fsp3) is 0.167. The Morgan fingerprint density at radius 3 is 2.81 bits per heavy atom. The lowest BCUT2D eigenvalue weighted by Gasteiger charge is -2.27. The molecule has 26 heavy (non-hydrogen) atoms. The number of carbonyl (C=O) groups excluding carboxylic acids is 3. The summed E-state index contributed by atoms with van der Waals surface area (Å²) in [5.41, 5.74) is 1.18. The molecule has 2 aromatic carbocycles. The van der Waals surface area contributed by atoms with Crippen LogP contribution in [0.1, 0.15) is 0 Å². The predicted octanol–water partition coefficient (Wildman–Crippen LogP) is 2.96. The van der Waals surface area contributed by atoms with Crippen LogP contribution in [-0.2, 0) is 19.1 Å². The highest BCUT2D eigenvalue weighted by Gasteiger charge is 2.26. The maximum atomic E-state index is 12.1. The SMILES string of the molecule is O=C(COC(=O)CN1C(=O)CSc2ccccc21)Nc1cccc(Cl)c1. The van der Waals surface area contributed by atoms with Gasteiger partial charge >= 0.3 is 5.97 Å². The molecule has 0 aliphatic carbocycles. The lowest BCUT2D eigenvalue weighted by molar-refractivity contribution is -0.146. The highest BCUT2D eigenvalue weighted by atomic mass is 35.5. The standard InChI is InChI=1S/C18H15ClN2O4S/c19-12-4-3-5-13(8-12)20-16(22)10-25-18(24)9-21-14-6-1-2-7-15(14)26-11-17(21)23/h1-8H,9-11H2,(H,20,22). The Balaban J connectivity index is 1.54. The topological polar surface area (TPSA) is 75.7 Å². The molecule has 134 valence electrons. The van der Waals surface area contributed by atoms with E-state index in [2.05, 4.69) is 5.32 Å². The van der Waals surface area contributed by atoms with Crippen LogP contribution < -0.4 is 10.2 Å². The van der Waals surface area contributed by atoms with Crippen molar-refractivity contribution < 1.29 is 19.1 Å². The van der Waals surface area contributed by atoms with Crippen LogP contribution in [0, 0.1) is 0 Å². The zero-order valence-electron chi connectivity index (χ0n) is 13.6. The lowest BCUT2D eigenvalue weighted by atomic mass is 10.2. The van der Waals surface area contributed by atoms with Gasteiger partial charge in [0.25, 0.3) is 5.91 Å². The molecule has 0 unspecified atom stereocenters. The molecule has 2 amide bonds. The summed E-state index contributed by atoms with van der Waals surface area (Å²) >= 11 is 7.27. The van der Waals surface area contributed by atoms with Crippen LogP contribution >= 0.6 is 23.4 Å². The van der Waals surface area contributed by atoms with Crippen LogP contribution in [0.5, 0.6) is 0 Å². The van der Waals surface area contributed by atoms with Crippen molar-refractivity contribution in [2.75, 3.05) is 29.1 Å². The van der Waals surface area contributed by atoms with Crippen molar-refractivity contribution in [3.05, 3.63) is 53.6 Å². The number of nitrogens with zero attached hydrogens (tertiary/aromatic N) is 1. The molecule has 0 saturated heterocycles. The van der Waals surface area contributed by atoms with Crippen molar-refractivity contribution in [2.24, 2.45) is 0 Å². The molecule has 0 spiro atoms. The first-order valence-corrected chi connectivity index (χ1v) is 9.12. The molecular formula is C18H15ClN2O4S. The van der Waals surface area contributed by atoms with Gasteiger partial charge in [-0.2, -0.15) is 0 Å². The van der Waals surface area contributed by atoms with E-state index in [-0.39, 0.29) is 18.2 Å². The van der Waals surface area contributed by atoms with Crippen molar-refractivity contribution in [3.63, 3.8) is 0 Å². The summed E-state index contributed by atoms with van der Waals surface area (Å²) in [5, 5.41) is 3.07. The van der Waals surface area contributed by atoms with Gasteiger partial charge in [0.1, 0.15) is 6.54 Å². The molecule has 0 fully saturated rings. The molecular weight excluding hydrogens is 376 g/mol. The third-order valence-corrected chi connectivity index (χ3v) is 4.85. The number of ether oxygens (including phenoxy) is 1. The number of amides is 2. The molecule has 2 aromatic rings. The van der Waals surface area contributed by atoms with Gasteiger partial charge < -0.3 is 10.1 Å². The fourth-order valence-corrected chi connectivity index (χ4v) is 3.54. The van der Waals surface area contributed by atoms with Gasteiger partial charge in [-0.25, -0.2) is 0 Å². The highest BCUT2D eigenvalue weighted by Crippen LogP contribution is 2.34. The molecule has 3 rings (SSSR count). The van der Waals surface area contributed by atoms with Gasteiger partial charge in [0.15, 0.2) is 6.61 Å². The average molecular weight is 391 g/mol. The van der Waals surface area contributed by atoms with Gasteiger partial charge in [-0.1, -0.05) is 29.8 Å². The zero-order valence-corrected chi connectivity index (χ0v) is 15.2. The Kier molecular flexibility index (Phi) is 5.80. The highest BCUT2D eigenvalue weighted by molar-refractivity contribution is 8.00. The molecule has 0 radical (unpaired) electrons. The summed E-state index contributed by atoms with van der Waals surface area (Å²) in [7, 11) is 0. The second-order valence-electron chi connectivity index (χ2n) is 5.46. The number of rotatable bonds is 5. The second-order valence-corrected chi connectivity index (χ2v) is 6.91. The summed E-state index contributed by atoms with van der Waals surface area (Å²) in [6, 6.07) is 14.0. The lowest BCUT2D eigenvalue weighted by Crippen LogP contribution is -2.40. The maximum absolute atomic E-state index is 12.1.